The third kappa shape index (κ3) is 4.57. The van der Waals surface area contributed by atoms with Crippen molar-refractivity contribution in [1.82, 2.24) is 5.32 Å². The number of thioether (sulfide) groups is 1. The Morgan fingerprint density at radius 1 is 1.54 bits per heavy atom. The molecule has 2 fully saturated rings. The van der Waals surface area contributed by atoms with Gasteiger partial charge in [0.25, 0.3) is 5.69 Å². The first-order chi connectivity index (χ1) is 13.3. The minimum absolute atomic E-state index is 0.0535. The minimum atomic E-state index is -0.382. The Morgan fingerprint density at radius 2 is 2.32 bits per heavy atom. The van der Waals surface area contributed by atoms with E-state index in [1.807, 2.05) is 6.07 Å². The van der Waals surface area contributed by atoms with Crippen LogP contribution in [0.3, 0.4) is 0 Å². The minimum Gasteiger partial charge on any atom is -0.379 e. The van der Waals surface area contributed by atoms with Crippen LogP contribution in [0.25, 0.3) is 6.08 Å². The van der Waals surface area contributed by atoms with E-state index >= 15 is 0 Å². The molecule has 1 aliphatic heterocycles. The first-order valence-corrected chi connectivity index (χ1v) is 10.7. The molecular formula is C21H27N3O3S. The molecule has 1 saturated heterocycles. The summed E-state index contributed by atoms with van der Waals surface area (Å²) in [7, 11) is 1.79. The summed E-state index contributed by atoms with van der Waals surface area (Å²) in [5, 5.41) is 24.4. The van der Waals surface area contributed by atoms with Crippen LogP contribution in [0.1, 0.15) is 43.7 Å². The molecule has 150 valence electrons. The molecule has 28 heavy (non-hydrogen) atoms. The normalized spacial score (nSPS) is 30.8. The summed E-state index contributed by atoms with van der Waals surface area (Å²) in [6.07, 6.45) is 6.23. The molecule has 1 aromatic rings. The van der Waals surface area contributed by atoms with Crippen LogP contribution in [-0.4, -0.2) is 34.8 Å². The zero-order chi connectivity index (χ0) is 20.3. The van der Waals surface area contributed by atoms with Crippen molar-refractivity contribution in [1.29, 1.82) is 5.26 Å². The monoisotopic (exact) mass is 401 g/mol. The topological polar surface area (TPSA) is 88.2 Å². The van der Waals surface area contributed by atoms with Crippen molar-refractivity contribution in [3.8, 4) is 6.07 Å². The van der Waals surface area contributed by atoms with Crippen LogP contribution < -0.4 is 5.32 Å². The molecule has 0 spiro atoms. The van der Waals surface area contributed by atoms with E-state index in [-0.39, 0.29) is 21.6 Å². The number of hydrogen-bond donors (Lipinski definition) is 1. The quantitative estimate of drug-likeness (QED) is 0.446. The molecule has 1 saturated carbocycles. The van der Waals surface area contributed by atoms with E-state index < -0.39 is 0 Å². The van der Waals surface area contributed by atoms with Crippen LogP contribution in [0.15, 0.2) is 23.8 Å². The molecule has 3 rings (SSSR count). The van der Waals surface area contributed by atoms with Gasteiger partial charge >= 0.3 is 0 Å². The molecular weight excluding hydrogens is 374 g/mol. The van der Waals surface area contributed by atoms with Crippen LogP contribution in [-0.2, 0) is 4.74 Å². The average Bonchev–Trinajstić information content (AvgIpc) is 3.17. The predicted molar refractivity (Wildman–Crippen MR) is 112 cm³/mol. The van der Waals surface area contributed by atoms with E-state index in [1.54, 1.807) is 37.9 Å². The van der Waals surface area contributed by atoms with Gasteiger partial charge in [-0.15, -0.1) is 11.8 Å². The predicted octanol–water partition coefficient (Wildman–Crippen LogP) is 4.44. The van der Waals surface area contributed by atoms with E-state index in [1.165, 1.54) is 12.5 Å². The van der Waals surface area contributed by atoms with Gasteiger partial charge in [-0.05, 0) is 50.7 Å². The van der Waals surface area contributed by atoms with Crippen LogP contribution in [0.4, 0.5) is 5.69 Å². The Balaban J connectivity index is 1.73. The van der Waals surface area contributed by atoms with E-state index in [0.29, 0.717) is 28.7 Å². The zero-order valence-corrected chi connectivity index (χ0v) is 17.4. The van der Waals surface area contributed by atoms with Gasteiger partial charge in [0.15, 0.2) is 0 Å². The van der Waals surface area contributed by atoms with Crippen LogP contribution >= 0.6 is 11.8 Å². The van der Waals surface area contributed by atoms with Gasteiger partial charge < -0.3 is 4.74 Å². The highest BCUT2D eigenvalue weighted by molar-refractivity contribution is 8.00. The van der Waals surface area contributed by atoms with Crippen molar-refractivity contribution < 1.29 is 9.66 Å². The number of nitrogens with one attached hydrogen (secondary N) is 1. The van der Waals surface area contributed by atoms with Gasteiger partial charge in [0.1, 0.15) is 0 Å². The summed E-state index contributed by atoms with van der Waals surface area (Å²) in [5.74, 6) is 1.50. The molecule has 0 amide bonds. The van der Waals surface area contributed by atoms with E-state index in [9.17, 15) is 15.4 Å². The highest BCUT2D eigenvalue weighted by atomic mass is 32.2. The van der Waals surface area contributed by atoms with Crippen LogP contribution in [0, 0.1) is 34.3 Å². The van der Waals surface area contributed by atoms with Gasteiger partial charge in [-0.2, -0.15) is 5.26 Å². The van der Waals surface area contributed by atoms with Gasteiger partial charge in [0.05, 0.1) is 27.5 Å². The van der Waals surface area contributed by atoms with Crippen molar-refractivity contribution in [3.63, 3.8) is 0 Å². The maximum absolute atomic E-state index is 11.2. The van der Waals surface area contributed by atoms with Gasteiger partial charge in [-0.1, -0.05) is 18.6 Å². The Labute approximate surface area is 170 Å². The number of nitrogens with zero attached hydrogens (tertiary/aromatic N) is 2. The fourth-order valence-corrected chi connectivity index (χ4v) is 5.57. The number of hydrogen-bond acceptors (Lipinski definition) is 6. The van der Waals surface area contributed by atoms with Crippen LogP contribution in [0.5, 0.6) is 0 Å². The fraction of sp³-hybridized carbons (Fsp3) is 0.571. The first-order valence-electron chi connectivity index (χ1n) is 9.65. The summed E-state index contributed by atoms with van der Waals surface area (Å²) in [5.41, 5.74) is 1.94. The third-order valence-corrected chi connectivity index (χ3v) is 7.28. The molecule has 1 aliphatic carbocycles. The van der Waals surface area contributed by atoms with Crippen molar-refractivity contribution in [2.45, 2.75) is 56.5 Å². The standard InChI is InChI=1S/C21H27N3O3S/c1-14-6-7-15(10-19(14)24(25)26)9-17(12-22)20-23-18(13-28-20)16-5-4-8-21(2,11-16)27-3/h6-7,9-10,16,18,20,23H,4-5,8,11,13H2,1-3H3. The Morgan fingerprint density at radius 3 is 3.00 bits per heavy atom. The number of nitriles is 1. The average molecular weight is 402 g/mol. The molecule has 7 heteroatoms. The maximum Gasteiger partial charge on any atom is 0.272 e. The second-order valence-corrected chi connectivity index (χ2v) is 9.15. The summed E-state index contributed by atoms with van der Waals surface area (Å²) in [6.45, 7) is 3.90. The number of methoxy groups -OCH3 is 1. The molecule has 1 heterocycles. The fourth-order valence-electron chi connectivity index (χ4n) is 4.23. The van der Waals surface area contributed by atoms with Crippen LogP contribution in [0.2, 0.25) is 0 Å². The molecule has 0 radical (unpaired) electrons. The highest BCUT2D eigenvalue weighted by Crippen LogP contribution is 2.40. The Kier molecular flexibility index (Phi) is 6.43. The number of ether oxygens (including phenoxy) is 1. The third-order valence-electron chi connectivity index (χ3n) is 6.01. The lowest BCUT2D eigenvalue weighted by Crippen LogP contribution is -2.44. The lowest BCUT2D eigenvalue weighted by atomic mass is 9.76. The number of nitro benzene ring substituents is 1. The van der Waals surface area contributed by atoms with Gasteiger partial charge in [0, 0.05) is 30.5 Å². The van der Waals surface area contributed by atoms with Crippen molar-refractivity contribution >= 4 is 23.5 Å². The highest BCUT2D eigenvalue weighted by Gasteiger charge is 2.39. The van der Waals surface area contributed by atoms with Crippen molar-refractivity contribution in [3.05, 3.63) is 45.0 Å². The summed E-state index contributed by atoms with van der Waals surface area (Å²) < 4.78 is 5.73. The second kappa shape index (κ2) is 8.64. The number of rotatable bonds is 5. The lowest BCUT2D eigenvalue weighted by Gasteiger charge is -2.39. The summed E-state index contributed by atoms with van der Waals surface area (Å²) in [6, 6.07) is 7.73. The molecule has 4 atom stereocenters. The second-order valence-electron chi connectivity index (χ2n) is 8.01. The lowest BCUT2D eigenvalue weighted by molar-refractivity contribution is -0.385. The summed E-state index contributed by atoms with van der Waals surface area (Å²) in [4.78, 5) is 10.8. The van der Waals surface area contributed by atoms with Gasteiger partial charge in [-0.3, -0.25) is 15.4 Å². The zero-order valence-electron chi connectivity index (χ0n) is 16.6. The maximum atomic E-state index is 11.2. The number of nitro groups is 1. The van der Waals surface area contributed by atoms with Gasteiger partial charge in [0.2, 0.25) is 0 Å². The number of aryl methyl sites for hydroxylation is 1. The van der Waals surface area contributed by atoms with Gasteiger partial charge in [-0.25, -0.2) is 0 Å². The summed E-state index contributed by atoms with van der Waals surface area (Å²) >= 11 is 1.74. The Hall–Kier alpha value is -1.88. The molecule has 1 N–H and O–H groups in total. The largest absolute Gasteiger partial charge is 0.379 e. The van der Waals surface area contributed by atoms with E-state index in [0.717, 1.165) is 25.0 Å². The molecule has 1 aromatic carbocycles. The molecule has 0 bridgehead atoms. The smallest absolute Gasteiger partial charge is 0.272 e. The molecule has 4 unspecified atom stereocenters. The first kappa shape index (κ1) is 20.8. The molecule has 0 aromatic heterocycles. The van der Waals surface area contributed by atoms with Crippen molar-refractivity contribution in [2.75, 3.05) is 12.9 Å². The SMILES string of the molecule is COC1(C)CCCC(C2CSC(C(C#N)=Cc3ccc(C)c([N+](=O)[O-])c3)N2)C1. The van der Waals surface area contributed by atoms with Crippen molar-refractivity contribution in [2.24, 2.45) is 5.92 Å². The number of benzene rings is 1. The Bertz CT molecular complexity index is 820. The van der Waals surface area contributed by atoms with E-state index in [4.69, 9.17) is 4.74 Å². The molecule has 6 nitrogen and oxygen atoms in total. The van der Waals surface area contributed by atoms with E-state index in [2.05, 4.69) is 18.3 Å². The molecule has 2 aliphatic rings.